The van der Waals surface area contributed by atoms with Gasteiger partial charge < -0.3 is 9.72 Å². The summed E-state index contributed by atoms with van der Waals surface area (Å²) in [6.45, 7) is 0.571. The number of aromatic nitrogens is 5. The molecule has 2 N–H and O–H groups in total. The molecule has 6 aromatic rings. The predicted octanol–water partition coefficient (Wildman–Crippen LogP) is 6.82. The van der Waals surface area contributed by atoms with Crippen LogP contribution < -0.4 is 4.74 Å². The lowest BCUT2D eigenvalue weighted by Gasteiger charge is -2.15. The molecule has 4 aromatic heterocycles. The normalized spacial score (nSPS) is 15.2. The highest BCUT2D eigenvalue weighted by atomic mass is 19.3. The smallest absolute Gasteiger partial charge is 0.261 e. The van der Waals surface area contributed by atoms with Gasteiger partial charge in [0.2, 0.25) is 0 Å². The average Bonchev–Trinajstić information content (AvgIpc) is 3.68. The lowest BCUT2D eigenvalue weighted by molar-refractivity contribution is 0.0115. The summed E-state index contributed by atoms with van der Waals surface area (Å²) in [5.41, 5.74) is 7.18. The molecule has 0 unspecified atom stereocenters. The van der Waals surface area contributed by atoms with E-state index in [1.165, 1.54) is 19.2 Å². The summed E-state index contributed by atoms with van der Waals surface area (Å²) in [5, 5.41) is 9.40. The predicted molar refractivity (Wildman–Crippen MR) is 151 cm³/mol. The molecule has 0 radical (unpaired) electrons. The molecule has 1 aliphatic heterocycles. The molecule has 0 spiro atoms. The van der Waals surface area contributed by atoms with Crippen molar-refractivity contribution in [3.05, 3.63) is 84.6 Å². The Morgan fingerprint density at radius 3 is 2.71 bits per heavy atom. The van der Waals surface area contributed by atoms with Crippen LogP contribution >= 0.6 is 0 Å². The number of ether oxygens (including phenoxy) is 1. The van der Waals surface area contributed by atoms with E-state index in [1.54, 1.807) is 29.6 Å². The van der Waals surface area contributed by atoms with Gasteiger partial charge in [0.25, 0.3) is 5.92 Å². The van der Waals surface area contributed by atoms with Crippen LogP contribution in [0.25, 0.3) is 55.6 Å². The van der Waals surface area contributed by atoms with Crippen molar-refractivity contribution < 1.29 is 17.9 Å². The minimum Gasteiger partial charge on any atom is -0.497 e. The molecule has 0 aliphatic carbocycles. The van der Waals surface area contributed by atoms with E-state index >= 15 is 0 Å². The quantitative estimate of drug-likeness (QED) is 0.236. The standard InChI is InChI=1S/C31H25F3N6O/c1-41-23-10-20(9-22(32)12-23)24-4-6-36-30-25(24)13-28(37-30)29-26-11-19(2-3-27(26)38-39-29)21-8-18(14-35-15-21)16-40-7-5-31(33,34)17-40/h2-4,6,8-15H,5,7,16-17H2,1H3,(H,36,37)(H,38,39). The van der Waals surface area contributed by atoms with Crippen LogP contribution in [0.3, 0.4) is 0 Å². The summed E-state index contributed by atoms with van der Waals surface area (Å²) >= 11 is 0. The SMILES string of the molecule is COc1cc(F)cc(-c2ccnc3[nH]c(-c4n[nH]c5ccc(-c6cncc(CN7CCC(F)(F)C7)c6)cc45)cc23)c1. The van der Waals surface area contributed by atoms with Crippen molar-refractivity contribution in [3.8, 4) is 39.4 Å². The number of hydrogen-bond donors (Lipinski definition) is 2. The van der Waals surface area contributed by atoms with Gasteiger partial charge in [-0.3, -0.25) is 15.0 Å². The highest BCUT2D eigenvalue weighted by Gasteiger charge is 2.37. The van der Waals surface area contributed by atoms with Crippen LogP contribution in [-0.4, -0.2) is 56.2 Å². The maximum atomic E-state index is 14.3. The molecule has 1 saturated heterocycles. The number of likely N-dealkylation sites (tertiary alicyclic amines) is 1. The molecule has 41 heavy (non-hydrogen) atoms. The number of halogens is 3. The summed E-state index contributed by atoms with van der Waals surface area (Å²) in [6.07, 6.45) is 5.07. The molecule has 0 saturated carbocycles. The summed E-state index contributed by atoms with van der Waals surface area (Å²) in [4.78, 5) is 14.0. The van der Waals surface area contributed by atoms with Gasteiger partial charge in [-0.1, -0.05) is 6.07 Å². The molecule has 0 amide bonds. The second kappa shape index (κ2) is 9.74. The summed E-state index contributed by atoms with van der Waals surface area (Å²) in [7, 11) is 1.51. The molecule has 7 nitrogen and oxygen atoms in total. The van der Waals surface area contributed by atoms with Gasteiger partial charge in [-0.05, 0) is 64.7 Å². The zero-order valence-corrected chi connectivity index (χ0v) is 22.1. The molecule has 0 bridgehead atoms. The number of H-pyrrole nitrogens is 2. The second-order valence-electron chi connectivity index (χ2n) is 10.4. The number of alkyl halides is 2. The van der Waals surface area contributed by atoms with E-state index in [-0.39, 0.29) is 18.8 Å². The Kier molecular flexibility index (Phi) is 6.01. The largest absolute Gasteiger partial charge is 0.497 e. The number of hydrogen-bond acceptors (Lipinski definition) is 5. The molecule has 0 atom stereocenters. The van der Waals surface area contributed by atoms with Crippen molar-refractivity contribution in [1.82, 2.24) is 30.0 Å². The summed E-state index contributed by atoms with van der Waals surface area (Å²) < 4.78 is 46.9. The highest BCUT2D eigenvalue weighted by molar-refractivity contribution is 6.00. The number of methoxy groups -OCH3 is 1. The topological polar surface area (TPSA) is 82.7 Å². The van der Waals surface area contributed by atoms with Crippen molar-refractivity contribution in [2.75, 3.05) is 20.2 Å². The third-order valence-corrected chi connectivity index (χ3v) is 7.55. The van der Waals surface area contributed by atoms with E-state index in [2.05, 4.69) is 25.1 Å². The van der Waals surface area contributed by atoms with Crippen molar-refractivity contribution in [2.24, 2.45) is 0 Å². The Morgan fingerprint density at radius 2 is 1.88 bits per heavy atom. The van der Waals surface area contributed by atoms with Crippen molar-refractivity contribution >= 4 is 21.9 Å². The molecule has 1 aliphatic rings. The Hall–Kier alpha value is -4.70. The zero-order chi connectivity index (χ0) is 28.1. The molecule has 7 rings (SSSR count). The van der Waals surface area contributed by atoms with Crippen LogP contribution in [0.1, 0.15) is 12.0 Å². The second-order valence-corrected chi connectivity index (χ2v) is 10.4. The number of pyridine rings is 2. The van der Waals surface area contributed by atoms with Crippen molar-refractivity contribution in [2.45, 2.75) is 18.9 Å². The van der Waals surface area contributed by atoms with E-state index in [0.717, 1.165) is 44.2 Å². The van der Waals surface area contributed by atoms with E-state index in [4.69, 9.17) is 4.74 Å². The van der Waals surface area contributed by atoms with Gasteiger partial charge in [0, 0.05) is 60.5 Å². The van der Waals surface area contributed by atoms with E-state index in [0.29, 0.717) is 35.7 Å². The Labute approximate surface area is 233 Å². The van der Waals surface area contributed by atoms with Gasteiger partial charge in [-0.15, -0.1) is 0 Å². The van der Waals surface area contributed by atoms with Gasteiger partial charge in [0.15, 0.2) is 0 Å². The Bertz CT molecular complexity index is 1910. The van der Waals surface area contributed by atoms with Crippen LogP contribution in [0.5, 0.6) is 5.75 Å². The lowest BCUT2D eigenvalue weighted by atomic mass is 10.0. The first kappa shape index (κ1) is 25.3. The maximum absolute atomic E-state index is 14.3. The van der Waals surface area contributed by atoms with Crippen molar-refractivity contribution in [3.63, 3.8) is 0 Å². The molecule has 1 fully saturated rings. The molecule has 10 heteroatoms. The fourth-order valence-corrected chi connectivity index (χ4v) is 5.57. The minimum absolute atomic E-state index is 0.110. The fourth-order valence-electron chi connectivity index (χ4n) is 5.57. The number of rotatable bonds is 6. The molecular weight excluding hydrogens is 529 g/mol. The maximum Gasteiger partial charge on any atom is 0.261 e. The lowest BCUT2D eigenvalue weighted by Crippen LogP contribution is -2.24. The summed E-state index contributed by atoms with van der Waals surface area (Å²) in [6, 6.07) is 16.4. The Balaban J connectivity index is 1.25. The van der Waals surface area contributed by atoms with E-state index in [1.807, 2.05) is 36.4 Å². The monoisotopic (exact) mass is 554 g/mol. The van der Waals surface area contributed by atoms with Crippen LogP contribution in [0, 0.1) is 5.82 Å². The number of nitrogens with zero attached hydrogens (tertiary/aromatic N) is 4. The average molecular weight is 555 g/mol. The van der Waals surface area contributed by atoms with Gasteiger partial charge in [0.05, 0.1) is 24.9 Å². The van der Waals surface area contributed by atoms with E-state index < -0.39 is 5.92 Å². The summed E-state index contributed by atoms with van der Waals surface area (Å²) in [5.74, 6) is -2.58. The first-order chi connectivity index (χ1) is 19.8. The van der Waals surface area contributed by atoms with Gasteiger partial charge in [0.1, 0.15) is 22.9 Å². The molecule has 2 aromatic carbocycles. The van der Waals surface area contributed by atoms with Crippen LogP contribution in [-0.2, 0) is 6.54 Å². The molecule has 5 heterocycles. The zero-order valence-electron chi connectivity index (χ0n) is 22.1. The third-order valence-electron chi connectivity index (χ3n) is 7.55. The fraction of sp³-hybridized carbons (Fsp3) is 0.194. The third kappa shape index (κ3) is 4.80. The highest BCUT2D eigenvalue weighted by Crippen LogP contribution is 2.36. The van der Waals surface area contributed by atoms with E-state index in [9.17, 15) is 13.2 Å². The minimum atomic E-state index is -2.63. The first-order valence-electron chi connectivity index (χ1n) is 13.2. The van der Waals surface area contributed by atoms with Crippen LogP contribution in [0.4, 0.5) is 13.2 Å². The number of fused-ring (bicyclic) bond motifs is 2. The number of nitrogens with one attached hydrogen (secondary N) is 2. The van der Waals surface area contributed by atoms with Crippen LogP contribution in [0.2, 0.25) is 0 Å². The molecule has 206 valence electrons. The number of aromatic amines is 2. The molecular formula is C31H25F3N6O. The van der Waals surface area contributed by atoms with Gasteiger partial charge >= 0.3 is 0 Å². The first-order valence-corrected chi connectivity index (χ1v) is 13.2. The van der Waals surface area contributed by atoms with Gasteiger partial charge in [-0.25, -0.2) is 18.2 Å². The van der Waals surface area contributed by atoms with Crippen LogP contribution in [0.15, 0.2) is 73.2 Å². The van der Waals surface area contributed by atoms with Gasteiger partial charge in [-0.2, -0.15) is 5.10 Å². The van der Waals surface area contributed by atoms with Crippen molar-refractivity contribution in [1.29, 1.82) is 0 Å². The number of benzene rings is 2. The Morgan fingerprint density at radius 1 is 0.976 bits per heavy atom.